The molecule has 0 aromatic carbocycles. The highest BCUT2D eigenvalue weighted by Crippen LogP contribution is 2.13. The summed E-state index contributed by atoms with van der Waals surface area (Å²) in [5.74, 6) is -0.0559. The van der Waals surface area contributed by atoms with Crippen LogP contribution in [-0.4, -0.2) is 45.1 Å². The quantitative estimate of drug-likeness (QED) is 0.837. The van der Waals surface area contributed by atoms with Gasteiger partial charge < -0.3 is 10.2 Å². The number of carbonyl (C=O) groups excluding carboxylic acids is 2. The third kappa shape index (κ3) is 2.94. The zero-order valence-electron chi connectivity index (χ0n) is 11.4. The summed E-state index contributed by atoms with van der Waals surface area (Å²) in [6, 6.07) is 1.07. The molecule has 1 aromatic heterocycles. The summed E-state index contributed by atoms with van der Waals surface area (Å²) in [7, 11) is 0. The number of nitrogens with one attached hydrogen (secondary N) is 1. The smallest absolute Gasteiger partial charge is 0.245 e. The van der Waals surface area contributed by atoms with Crippen molar-refractivity contribution in [2.24, 2.45) is 0 Å². The molecule has 0 radical (unpaired) electrons. The molecule has 0 saturated carbocycles. The van der Waals surface area contributed by atoms with E-state index in [1.54, 1.807) is 22.7 Å². The molecule has 0 bridgehead atoms. The predicted octanol–water partition coefficient (Wildman–Crippen LogP) is 0.399. The molecular weight excluding hydrogens is 244 g/mol. The van der Waals surface area contributed by atoms with E-state index in [-0.39, 0.29) is 17.9 Å². The van der Waals surface area contributed by atoms with Crippen molar-refractivity contribution >= 4 is 11.8 Å². The summed E-state index contributed by atoms with van der Waals surface area (Å²) >= 11 is 0. The summed E-state index contributed by atoms with van der Waals surface area (Å²) in [4.78, 5) is 25.8. The van der Waals surface area contributed by atoms with Gasteiger partial charge in [-0.3, -0.25) is 14.3 Å². The van der Waals surface area contributed by atoms with Crippen LogP contribution in [0, 0.1) is 0 Å². The van der Waals surface area contributed by atoms with Crippen molar-refractivity contribution < 1.29 is 9.59 Å². The van der Waals surface area contributed by atoms with Crippen molar-refractivity contribution in [2.45, 2.75) is 45.3 Å². The largest absolute Gasteiger partial charge is 0.343 e. The van der Waals surface area contributed by atoms with Crippen LogP contribution < -0.4 is 5.32 Å². The number of amides is 2. The Hall–Kier alpha value is -1.85. The number of hydrogen-bond acceptors (Lipinski definition) is 3. The van der Waals surface area contributed by atoms with Crippen LogP contribution in [0.2, 0.25) is 0 Å². The lowest BCUT2D eigenvalue weighted by Gasteiger charge is -2.37. The number of hydrogen-bond donors (Lipinski definition) is 1. The minimum atomic E-state index is -0.406. The second kappa shape index (κ2) is 5.86. The summed E-state index contributed by atoms with van der Waals surface area (Å²) in [6.45, 7) is 4.88. The van der Waals surface area contributed by atoms with Gasteiger partial charge in [0.05, 0.1) is 6.54 Å². The van der Waals surface area contributed by atoms with Crippen LogP contribution in [0.4, 0.5) is 0 Å². The van der Waals surface area contributed by atoms with E-state index in [2.05, 4.69) is 10.4 Å². The molecular formula is C13H20N4O2. The van der Waals surface area contributed by atoms with Gasteiger partial charge in [-0.05, 0) is 19.4 Å². The monoisotopic (exact) mass is 264 g/mol. The van der Waals surface area contributed by atoms with E-state index in [0.29, 0.717) is 19.5 Å². The van der Waals surface area contributed by atoms with Crippen LogP contribution in [0.3, 0.4) is 0 Å². The lowest BCUT2D eigenvalue weighted by molar-refractivity contribution is -0.149. The molecule has 6 heteroatoms. The third-order valence-electron chi connectivity index (χ3n) is 3.45. The lowest BCUT2D eigenvalue weighted by Crippen LogP contribution is -2.62. The van der Waals surface area contributed by atoms with E-state index >= 15 is 0 Å². The zero-order valence-corrected chi connectivity index (χ0v) is 11.4. The molecule has 104 valence electrons. The van der Waals surface area contributed by atoms with Gasteiger partial charge in [0, 0.05) is 18.9 Å². The van der Waals surface area contributed by atoms with Crippen LogP contribution >= 0.6 is 0 Å². The molecule has 1 aromatic rings. The van der Waals surface area contributed by atoms with Gasteiger partial charge in [0.25, 0.3) is 0 Å². The number of piperazine rings is 1. The van der Waals surface area contributed by atoms with Crippen molar-refractivity contribution in [3.05, 3.63) is 18.5 Å². The van der Waals surface area contributed by atoms with Crippen molar-refractivity contribution in [1.82, 2.24) is 20.0 Å². The molecule has 1 saturated heterocycles. The number of rotatable bonds is 5. The molecule has 2 rings (SSSR count). The lowest BCUT2D eigenvalue weighted by atomic mass is 10.0. The first-order chi connectivity index (χ1) is 9.13. The average molecular weight is 264 g/mol. The molecule has 2 atom stereocenters. The molecule has 1 aliphatic rings. The summed E-state index contributed by atoms with van der Waals surface area (Å²) < 4.78 is 1.77. The second-order valence-electron chi connectivity index (χ2n) is 4.83. The molecule has 6 nitrogen and oxygen atoms in total. The highest BCUT2D eigenvalue weighted by atomic mass is 16.2. The van der Waals surface area contributed by atoms with Gasteiger partial charge in [0.1, 0.15) is 12.1 Å². The van der Waals surface area contributed by atoms with Gasteiger partial charge >= 0.3 is 0 Å². The number of carbonyl (C=O) groups is 2. The Balaban J connectivity index is 2.02. The van der Waals surface area contributed by atoms with E-state index < -0.39 is 6.04 Å². The molecule has 0 spiro atoms. The van der Waals surface area contributed by atoms with Crippen LogP contribution in [0.1, 0.15) is 26.7 Å². The molecule has 1 N–H and O–H groups in total. The topological polar surface area (TPSA) is 67.2 Å². The van der Waals surface area contributed by atoms with Crippen molar-refractivity contribution in [3.8, 4) is 0 Å². The Bertz CT molecular complexity index is 444. The summed E-state index contributed by atoms with van der Waals surface area (Å²) in [5.41, 5.74) is 0. The van der Waals surface area contributed by atoms with Crippen LogP contribution in [0.5, 0.6) is 0 Å². The van der Waals surface area contributed by atoms with Gasteiger partial charge in [0.15, 0.2) is 0 Å². The van der Waals surface area contributed by atoms with E-state index in [1.165, 1.54) is 0 Å². The van der Waals surface area contributed by atoms with E-state index in [0.717, 1.165) is 6.42 Å². The van der Waals surface area contributed by atoms with Gasteiger partial charge in [-0.25, -0.2) is 0 Å². The van der Waals surface area contributed by atoms with E-state index in [4.69, 9.17) is 0 Å². The fourth-order valence-electron chi connectivity index (χ4n) is 2.32. The predicted molar refractivity (Wildman–Crippen MR) is 70.2 cm³/mol. The van der Waals surface area contributed by atoms with Gasteiger partial charge in [-0.15, -0.1) is 0 Å². The Kier molecular flexibility index (Phi) is 4.19. The van der Waals surface area contributed by atoms with E-state index in [9.17, 15) is 9.59 Å². The average Bonchev–Trinajstić information content (AvgIpc) is 2.89. The first-order valence-electron chi connectivity index (χ1n) is 6.71. The zero-order chi connectivity index (χ0) is 13.8. The summed E-state index contributed by atoms with van der Waals surface area (Å²) in [5, 5.41) is 6.89. The Morgan fingerprint density at radius 2 is 2.16 bits per heavy atom. The Labute approximate surface area is 112 Å². The normalized spacial score (nSPS) is 23.6. The SMILES string of the molecule is CCCC1NC(=O)C(C)N(CCn2cccn2)C1=O. The molecule has 1 fully saturated rings. The first kappa shape index (κ1) is 13.6. The van der Waals surface area contributed by atoms with Crippen molar-refractivity contribution in [1.29, 1.82) is 0 Å². The minimum absolute atomic E-state index is 0.0149. The maximum Gasteiger partial charge on any atom is 0.245 e. The molecule has 2 heterocycles. The third-order valence-corrected chi connectivity index (χ3v) is 3.45. The minimum Gasteiger partial charge on any atom is -0.343 e. The maximum absolute atomic E-state index is 12.3. The maximum atomic E-state index is 12.3. The fourth-order valence-corrected chi connectivity index (χ4v) is 2.32. The molecule has 1 aliphatic heterocycles. The standard InChI is InChI=1S/C13H20N4O2/c1-3-5-11-13(19)17(10(2)12(18)15-11)9-8-16-7-4-6-14-16/h4,6-7,10-11H,3,5,8-9H2,1-2H3,(H,15,18). The molecule has 2 amide bonds. The van der Waals surface area contributed by atoms with Crippen LogP contribution in [-0.2, 0) is 16.1 Å². The molecule has 0 aliphatic carbocycles. The van der Waals surface area contributed by atoms with Crippen LogP contribution in [0.15, 0.2) is 18.5 Å². The fraction of sp³-hybridized carbons (Fsp3) is 0.615. The molecule has 2 unspecified atom stereocenters. The number of nitrogens with zero attached hydrogens (tertiary/aromatic N) is 3. The second-order valence-corrected chi connectivity index (χ2v) is 4.83. The van der Waals surface area contributed by atoms with Gasteiger partial charge in [0.2, 0.25) is 11.8 Å². The van der Waals surface area contributed by atoms with E-state index in [1.807, 2.05) is 19.2 Å². The summed E-state index contributed by atoms with van der Waals surface area (Å²) in [6.07, 6.45) is 5.12. The van der Waals surface area contributed by atoms with Crippen molar-refractivity contribution in [2.75, 3.05) is 6.54 Å². The van der Waals surface area contributed by atoms with Crippen LogP contribution in [0.25, 0.3) is 0 Å². The van der Waals surface area contributed by atoms with Gasteiger partial charge in [-0.1, -0.05) is 13.3 Å². The first-order valence-corrected chi connectivity index (χ1v) is 6.71. The number of aromatic nitrogens is 2. The highest BCUT2D eigenvalue weighted by molar-refractivity contribution is 5.96. The Morgan fingerprint density at radius 3 is 2.79 bits per heavy atom. The molecule has 19 heavy (non-hydrogen) atoms. The highest BCUT2D eigenvalue weighted by Gasteiger charge is 2.37. The van der Waals surface area contributed by atoms with Crippen molar-refractivity contribution in [3.63, 3.8) is 0 Å². The van der Waals surface area contributed by atoms with Gasteiger partial charge in [-0.2, -0.15) is 5.10 Å². The Morgan fingerprint density at radius 1 is 1.37 bits per heavy atom.